The summed E-state index contributed by atoms with van der Waals surface area (Å²) in [5.74, 6) is 3.15. The Bertz CT molecular complexity index is 5870. The number of aliphatic hydroxyl groups excluding tert-OH is 2. The number of ether oxygens (including phenoxy) is 7. The van der Waals surface area contributed by atoms with Crippen LogP contribution < -0.4 is 52.5 Å². The maximum absolute atomic E-state index is 11.8. The van der Waals surface area contributed by atoms with E-state index in [4.69, 9.17) is 46.2 Å². The van der Waals surface area contributed by atoms with E-state index < -0.39 is 62.1 Å². The Balaban J connectivity index is -0.000000126. The third-order valence-corrected chi connectivity index (χ3v) is 16.2. The van der Waals surface area contributed by atoms with E-state index in [1.54, 1.807) is 116 Å². The first-order chi connectivity index (χ1) is 67.2. The van der Waals surface area contributed by atoms with Crippen molar-refractivity contribution < 1.29 is 180 Å². The van der Waals surface area contributed by atoms with Gasteiger partial charge in [0.05, 0.1) is 70.3 Å². The van der Waals surface area contributed by atoms with Crippen LogP contribution >= 0.6 is 60.3 Å². The van der Waals surface area contributed by atoms with Crippen molar-refractivity contribution in [3.63, 3.8) is 0 Å². The summed E-state index contributed by atoms with van der Waals surface area (Å²) in [5.41, 5.74) is 20.2. The molecule has 0 bridgehead atoms. The van der Waals surface area contributed by atoms with Crippen molar-refractivity contribution in [3.8, 4) is 6.07 Å². The van der Waals surface area contributed by atoms with Gasteiger partial charge in [-0.1, -0.05) is 68.9 Å². The van der Waals surface area contributed by atoms with Crippen molar-refractivity contribution in [1.82, 2.24) is 88.1 Å². The molecule has 57 heteroatoms. The number of halogens is 5. The number of fused-ring (bicyclic) bond motifs is 4. The number of anilines is 1. The fourth-order valence-electron chi connectivity index (χ4n) is 10.6. The number of H-pyrrole nitrogens is 3. The van der Waals surface area contributed by atoms with Crippen molar-refractivity contribution in [3.05, 3.63) is 193 Å². The van der Waals surface area contributed by atoms with Crippen LogP contribution in [-0.2, 0) is 168 Å². The average molecular weight is 2580 g/mol. The summed E-state index contributed by atoms with van der Waals surface area (Å²) < 4.78 is 59.4. The van der Waals surface area contributed by atoms with Crippen LogP contribution in [0.3, 0.4) is 0 Å². The number of aryl methyl sites for hydroxylation is 8. The average Bonchev–Trinajstić information content (AvgIpc) is 1.62. The molecular weight excluding hydrogens is 2440 g/mol. The van der Waals surface area contributed by atoms with Gasteiger partial charge in [-0.05, 0) is 214 Å². The molecule has 0 fully saturated rings. The summed E-state index contributed by atoms with van der Waals surface area (Å²) in [6.45, 7) is 50.9. The summed E-state index contributed by atoms with van der Waals surface area (Å²) in [6, 6.07) is 8.28. The predicted octanol–water partition coefficient (Wildman–Crippen LogP) is 10.9. The Kier molecular flexibility index (Phi) is 103. The first-order valence-electron chi connectivity index (χ1n) is 44.0. The van der Waals surface area contributed by atoms with Gasteiger partial charge in [0.25, 0.3) is 11.6 Å². The Labute approximate surface area is 951 Å². The van der Waals surface area contributed by atoms with E-state index in [-0.39, 0.29) is 166 Å². The van der Waals surface area contributed by atoms with Gasteiger partial charge < -0.3 is 80.4 Å². The van der Waals surface area contributed by atoms with Crippen LogP contribution in [0.5, 0.6) is 0 Å². The number of aromatic nitrogens is 18. The monoisotopic (exact) mass is 2580 g/mol. The van der Waals surface area contributed by atoms with E-state index >= 15 is 0 Å². The minimum absolute atomic E-state index is 0. The standard InChI is InChI=1S/C13H14N5.C12H15N3O3.C12H15N3O2.C10H13N3O.C8H13N3O2.C8H11NO3.C6H10O4.C6H10O3.C6H10O.C4H7N.C3H3N2.C2H6O.2CH4.B.Cl3OP.Cl2OS.H4N2.Na.H2O.2W.H2.H/c1-3-11-12(8-17-7-5-14-9-17)16-18-6-4-10(2)15-13(11)18;1-4-8-10(12(17)18-5-2)14-15-9(16)6-7(3)13-11(8)15;1-4-9-10(12(16)17-5-2)14-15-7-6-8(3)13-11(9)15;1-3-8-9(6-14)12-13-5-4-7(2)11-10(8)13;1-3-5-6(8(12)13-4-2)10-11-7(5)9;1-4-6(9-3)7(10)8(11)12-5-2;1-3-9-5(7)6(8)10-4-2;1-3-9-6(8)4-5(2)7;1-5(2)4-6(3)7;1-2-3-4-5;1-2-5-3-4-1;1-2-3;;;;1-5(2,3)4;1-4(2)3;1-2;;;;;;/h4-7H,3,8H2,1-2H3;6,14H,4-5H2,1-3H3;6-7H,4-5H2,1-3H3;4-5,14H,3,6H2,1-2H3;3-4H2,1-2H3,(H3,9,10,11);6H,4-5H2,1-2H3;3-4H2,1-2H3;3-4H2,1-2H3;4H,1-3H3;2-3H2,1H3;1-2H,(H,4,5);3H,2H2,1H3;2*1H4;;;;1-2H2;;1H2;;;1H;/q-1;;;;;;;;;;-1;;;;;;;;+1;;;;;-1. The molecule has 0 aliphatic heterocycles. The van der Waals surface area contributed by atoms with Gasteiger partial charge in [-0.2, -0.15) is 25.7 Å². The third kappa shape index (κ3) is 68.4. The smallest absolute Gasteiger partial charge is 1.00 e. The number of hydrazine groups is 1. The number of hydrogen-bond acceptors (Lipinski definition) is 36. The quantitative estimate of drug-likeness (QED) is 0.00225. The van der Waals surface area contributed by atoms with E-state index in [9.17, 15) is 57.3 Å². The molecular formula is C92H144BCl5N23NaO23PSW2-2. The van der Waals surface area contributed by atoms with Crippen LogP contribution in [0, 0.1) is 58.3 Å². The molecule has 1 unspecified atom stereocenters. The number of aromatic amines is 3. The van der Waals surface area contributed by atoms with Gasteiger partial charge in [-0.25, -0.2) is 77.5 Å². The Morgan fingerprint density at radius 3 is 1.35 bits per heavy atom. The first kappa shape index (κ1) is 161. The molecule has 13 N–H and O–H groups in total. The number of nitrogens with zero attached hydrogens (tertiary/aromatic N) is 17. The zero-order valence-corrected chi connectivity index (χ0v) is 100. The van der Waals surface area contributed by atoms with Gasteiger partial charge >= 0.3 is 82.3 Å². The molecule has 0 amide bonds. The second kappa shape index (κ2) is 95.0. The van der Waals surface area contributed by atoms with E-state index in [2.05, 4.69) is 176 Å². The molecule has 11 aromatic rings. The number of nitriles is 1. The van der Waals surface area contributed by atoms with Gasteiger partial charge in [0.15, 0.2) is 34.1 Å². The van der Waals surface area contributed by atoms with E-state index in [0.717, 1.165) is 86.9 Å². The molecule has 829 valence electrons. The Morgan fingerprint density at radius 2 is 1.01 bits per heavy atom. The number of allylic oxidation sites excluding steroid dienone is 2. The van der Waals surface area contributed by atoms with Crippen LogP contribution in [0.4, 0.5) is 5.82 Å². The van der Waals surface area contributed by atoms with Crippen molar-refractivity contribution >= 4 is 165 Å². The van der Waals surface area contributed by atoms with Crippen LogP contribution in [0.25, 0.3) is 27.4 Å². The van der Waals surface area contributed by atoms with Gasteiger partial charge in [0, 0.05) is 181 Å². The molecule has 0 spiro atoms. The van der Waals surface area contributed by atoms with Crippen molar-refractivity contribution in [1.29, 1.82) is 5.26 Å². The number of carbonyl (C=O) groups is 10. The largest absolute Gasteiger partial charge is 1.00 e. The summed E-state index contributed by atoms with van der Waals surface area (Å²) in [5, 5.41) is 43.4. The zero-order valence-electron chi connectivity index (χ0n) is 88.0. The van der Waals surface area contributed by atoms with Gasteiger partial charge in [0.1, 0.15) is 29.4 Å². The van der Waals surface area contributed by atoms with Crippen molar-refractivity contribution in [2.75, 3.05) is 58.6 Å². The third-order valence-electron chi connectivity index (χ3n) is 16.2. The van der Waals surface area contributed by atoms with Crippen LogP contribution in [0.1, 0.15) is 268 Å². The number of imidazole rings is 2. The number of aliphatic hydroxyl groups is 2. The summed E-state index contributed by atoms with van der Waals surface area (Å²) in [7, 11) is 7.36. The predicted molar refractivity (Wildman–Crippen MR) is 565 cm³/mol. The number of unbranched alkanes of at least 4 members (excludes halogenated alkanes) is 1. The van der Waals surface area contributed by atoms with Crippen LogP contribution in [0.2, 0.25) is 0 Å². The van der Waals surface area contributed by atoms with Crippen molar-refractivity contribution in [2.45, 2.75) is 251 Å². The molecule has 11 aromatic heterocycles. The molecule has 11 rings (SSSR count). The van der Waals surface area contributed by atoms with Gasteiger partial charge in [-0.15, -0.1) is 24.8 Å². The van der Waals surface area contributed by atoms with Gasteiger partial charge in [0.2, 0.25) is 9.23 Å². The van der Waals surface area contributed by atoms with Crippen LogP contribution in [-0.4, -0.2) is 234 Å². The molecule has 46 nitrogen and oxygen atoms in total. The minimum atomic E-state index is -3.22. The maximum atomic E-state index is 11.8. The summed E-state index contributed by atoms with van der Waals surface area (Å²) >= 11 is 13.8. The molecule has 0 saturated heterocycles. The first-order valence-corrected chi connectivity index (χ1v) is 51.2. The number of nitrogens with one attached hydrogen (secondary N) is 3. The number of nitrogens with two attached hydrogens (primary N) is 3. The molecule has 11 heterocycles. The van der Waals surface area contributed by atoms with Gasteiger partial charge in [-0.3, -0.25) is 50.4 Å². The van der Waals surface area contributed by atoms with E-state index in [0.29, 0.717) is 105 Å². The minimum Gasteiger partial charge on any atom is -1.00 e. The normalized spacial score (nSPS) is 9.47. The molecule has 3 radical (unpaired) electrons. The number of hydrogen-bond donors (Lipinski definition) is 8. The second-order valence-corrected chi connectivity index (χ2v) is 36.5. The number of carbonyl (C=O) groups excluding carboxylic acids is 10. The number of ketones is 3. The number of rotatable bonds is 25. The zero-order chi connectivity index (χ0) is 109. The second-order valence-electron chi connectivity index (χ2n) is 27.4. The molecule has 149 heavy (non-hydrogen) atoms. The van der Waals surface area contributed by atoms with Crippen LogP contribution in [0.15, 0.2) is 84.1 Å². The van der Waals surface area contributed by atoms with E-state index in [1.165, 1.54) is 23.1 Å². The number of Topliss-reactive ketones (excluding diaryl/α,β-unsaturated/α-hetero) is 2. The SMILES string of the molecule is C.C.CC(=O)C=C(C)C.CCCC#N.CCO.CCOC(=O)C(=O)OCC.CCOC(=O)CC(C)=O.CCOC(=O)c1[nH]n2c(=O)cc(C)nc2c1CC.CCOC(=O)c1[nH]nc(N)c1CC.CCOC(=O)c1nn2ccc(C)nc2c1CC.CCc1c(CO)nn2ccc(C)nc12.CCc1c(Cn2[c-]ncc2)nn2ccc(C)nc12.NN.O.O=P(Cl)(Cl)Cl.O=S(Cl)Cl.[B].[C-]#[N+]C(CC)C(=O)C(=O)OCC.[H-].[HH].[Na+].[W].[W].[c-]1ncc[nH]1. The maximum Gasteiger partial charge on any atom is 1.00 e. The molecule has 0 aromatic carbocycles. The fraction of sp³-hybridized carbons (Fsp3) is 0.489. The topological polar surface area (TPSA) is 664 Å². The Hall–Kier alpha value is -10.2. The molecule has 0 aliphatic carbocycles. The molecule has 1 atom stereocenters. The summed E-state index contributed by atoms with van der Waals surface area (Å²) in [4.78, 5) is 151. The number of esters is 7. The number of nitrogen functional groups attached to an aromatic ring is 1. The molecule has 0 saturated carbocycles. The fourth-order valence-corrected chi connectivity index (χ4v) is 10.6. The van der Waals surface area contributed by atoms with E-state index in [1.807, 2.05) is 121 Å². The summed E-state index contributed by atoms with van der Waals surface area (Å²) in [6.07, 6.45) is 25.2. The Morgan fingerprint density at radius 1 is 0.611 bits per heavy atom. The van der Waals surface area contributed by atoms with Crippen molar-refractivity contribution in [2.24, 2.45) is 11.7 Å². The molecule has 0 aliphatic rings.